The first-order chi connectivity index (χ1) is 12.9. The van der Waals surface area contributed by atoms with Crippen molar-refractivity contribution in [3.63, 3.8) is 0 Å². The number of rotatable bonds is 5. The summed E-state index contributed by atoms with van der Waals surface area (Å²) >= 11 is 0. The number of hydrogen-bond donors (Lipinski definition) is 2. The number of hydrogen-bond acceptors (Lipinski definition) is 6. The van der Waals surface area contributed by atoms with Crippen LogP contribution < -0.4 is 9.64 Å². The SMILES string of the molecule is CC(C)Oc1cc2c(-c3ccnc(N4CC(O)(C(C)C)C4)c3)n[nH]c2cn1. The zero-order valence-corrected chi connectivity index (χ0v) is 16.1. The Morgan fingerprint density at radius 3 is 2.67 bits per heavy atom. The van der Waals surface area contributed by atoms with Crippen LogP contribution in [0.15, 0.2) is 30.6 Å². The molecule has 3 aromatic heterocycles. The van der Waals surface area contributed by atoms with Gasteiger partial charge in [-0.1, -0.05) is 13.8 Å². The van der Waals surface area contributed by atoms with Gasteiger partial charge in [0.15, 0.2) is 0 Å². The number of aromatic amines is 1. The molecule has 7 nitrogen and oxygen atoms in total. The first-order valence-electron chi connectivity index (χ1n) is 9.30. The Hall–Kier alpha value is -2.67. The molecule has 27 heavy (non-hydrogen) atoms. The maximum absolute atomic E-state index is 10.5. The zero-order chi connectivity index (χ0) is 19.2. The molecule has 0 saturated carbocycles. The summed E-state index contributed by atoms with van der Waals surface area (Å²) in [7, 11) is 0. The number of β-amino-alcohol motifs (C(OH)–C–C–N with tert-alkyl or cyclic N) is 1. The maximum Gasteiger partial charge on any atom is 0.214 e. The van der Waals surface area contributed by atoms with Crippen LogP contribution in [-0.4, -0.2) is 50.1 Å². The number of fused-ring (bicyclic) bond motifs is 1. The Morgan fingerprint density at radius 1 is 1.19 bits per heavy atom. The van der Waals surface area contributed by atoms with E-state index in [1.165, 1.54) is 0 Å². The van der Waals surface area contributed by atoms with Crippen molar-refractivity contribution < 1.29 is 9.84 Å². The molecule has 4 heterocycles. The third-order valence-corrected chi connectivity index (χ3v) is 5.13. The number of aromatic nitrogens is 4. The molecule has 3 aromatic rings. The molecule has 1 saturated heterocycles. The summed E-state index contributed by atoms with van der Waals surface area (Å²) in [6.45, 7) is 9.23. The van der Waals surface area contributed by atoms with E-state index in [2.05, 4.69) is 25.1 Å². The number of aliphatic hydroxyl groups is 1. The number of nitrogens with zero attached hydrogens (tertiary/aromatic N) is 4. The zero-order valence-electron chi connectivity index (χ0n) is 16.1. The van der Waals surface area contributed by atoms with Gasteiger partial charge < -0.3 is 14.7 Å². The highest BCUT2D eigenvalue weighted by molar-refractivity contribution is 5.93. The smallest absolute Gasteiger partial charge is 0.214 e. The van der Waals surface area contributed by atoms with Gasteiger partial charge in [0.05, 0.1) is 30.9 Å². The standard InChI is InChI=1S/C20H25N5O2/c1-12(2)20(26)10-25(11-20)17-7-14(5-6-21-17)19-15-8-18(27-13(3)4)22-9-16(15)23-24-19/h5-9,12-13,26H,10-11H2,1-4H3,(H,23,24). The highest BCUT2D eigenvalue weighted by Gasteiger charge is 2.44. The summed E-state index contributed by atoms with van der Waals surface area (Å²) in [6, 6.07) is 5.87. The summed E-state index contributed by atoms with van der Waals surface area (Å²) in [4.78, 5) is 10.9. The van der Waals surface area contributed by atoms with E-state index in [0.29, 0.717) is 19.0 Å². The van der Waals surface area contributed by atoms with Gasteiger partial charge in [-0.2, -0.15) is 5.10 Å². The molecule has 1 aliphatic rings. The average Bonchev–Trinajstić information content (AvgIpc) is 3.01. The maximum atomic E-state index is 10.5. The minimum absolute atomic E-state index is 0.0592. The second-order valence-corrected chi connectivity index (χ2v) is 7.82. The Bertz CT molecular complexity index is 960. The lowest BCUT2D eigenvalue weighted by Gasteiger charge is -2.49. The molecular formula is C20H25N5O2. The van der Waals surface area contributed by atoms with Crippen LogP contribution >= 0.6 is 0 Å². The van der Waals surface area contributed by atoms with Crippen molar-refractivity contribution >= 4 is 16.7 Å². The molecule has 0 aliphatic carbocycles. The third-order valence-electron chi connectivity index (χ3n) is 5.13. The molecule has 0 unspecified atom stereocenters. The predicted octanol–water partition coefficient (Wildman–Crippen LogP) is 3.01. The molecule has 0 bridgehead atoms. The fraction of sp³-hybridized carbons (Fsp3) is 0.450. The molecule has 0 aromatic carbocycles. The molecular weight excluding hydrogens is 342 g/mol. The van der Waals surface area contributed by atoms with Crippen molar-refractivity contribution in [1.82, 2.24) is 20.2 Å². The normalized spacial score (nSPS) is 16.2. The van der Waals surface area contributed by atoms with E-state index in [1.807, 2.05) is 45.9 Å². The van der Waals surface area contributed by atoms with Crippen molar-refractivity contribution in [2.45, 2.75) is 39.4 Å². The van der Waals surface area contributed by atoms with Gasteiger partial charge in [-0.25, -0.2) is 9.97 Å². The second kappa shape index (κ2) is 6.49. The van der Waals surface area contributed by atoms with Gasteiger partial charge in [0, 0.05) is 23.2 Å². The van der Waals surface area contributed by atoms with Crippen molar-refractivity contribution in [3.05, 3.63) is 30.6 Å². The van der Waals surface area contributed by atoms with Crippen molar-refractivity contribution in [3.8, 4) is 17.1 Å². The van der Waals surface area contributed by atoms with Gasteiger partial charge in [-0.15, -0.1) is 0 Å². The molecule has 0 amide bonds. The first kappa shape index (κ1) is 17.7. The summed E-state index contributed by atoms with van der Waals surface area (Å²) < 4.78 is 5.72. The number of ether oxygens (including phenoxy) is 1. The lowest BCUT2D eigenvalue weighted by Crippen LogP contribution is -2.65. The molecule has 7 heteroatoms. The van der Waals surface area contributed by atoms with Gasteiger partial charge in [0.1, 0.15) is 17.1 Å². The quantitative estimate of drug-likeness (QED) is 0.721. The molecule has 0 radical (unpaired) electrons. The molecule has 142 valence electrons. The Labute approximate surface area is 158 Å². The summed E-state index contributed by atoms with van der Waals surface area (Å²) in [6.07, 6.45) is 3.58. The van der Waals surface area contributed by atoms with Crippen molar-refractivity contribution in [1.29, 1.82) is 0 Å². The fourth-order valence-electron chi connectivity index (χ4n) is 3.30. The minimum Gasteiger partial charge on any atom is -0.475 e. The average molecular weight is 367 g/mol. The highest BCUT2D eigenvalue weighted by Crippen LogP contribution is 2.34. The summed E-state index contributed by atoms with van der Waals surface area (Å²) in [5, 5.41) is 19.0. The van der Waals surface area contributed by atoms with Crippen LogP contribution in [0, 0.1) is 5.92 Å². The lowest BCUT2D eigenvalue weighted by atomic mass is 9.83. The Morgan fingerprint density at radius 2 is 1.96 bits per heavy atom. The van der Waals surface area contributed by atoms with E-state index in [9.17, 15) is 5.11 Å². The third kappa shape index (κ3) is 3.23. The number of anilines is 1. The van der Waals surface area contributed by atoms with E-state index in [4.69, 9.17) is 4.74 Å². The molecule has 2 N–H and O–H groups in total. The van der Waals surface area contributed by atoms with Gasteiger partial charge in [-0.05, 0) is 31.9 Å². The second-order valence-electron chi connectivity index (χ2n) is 7.82. The lowest BCUT2D eigenvalue weighted by molar-refractivity contribution is -0.0304. The van der Waals surface area contributed by atoms with Crippen LogP contribution in [-0.2, 0) is 0 Å². The van der Waals surface area contributed by atoms with E-state index >= 15 is 0 Å². The molecule has 0 spiro atoms. The van der Waals surface area contributed by atoms with Crippen LogP contribution in [0.25, 0.3) is 22.2 Å². The topological polar surface area (TPSA) is 87.2 Å². The van der Waals surface area contributed by atoms with Crippen LogP contribution in [0.5, 0.6) is 5.88 Å². The molecule has 0 atom stereocenters. The van der Waals surface area contributed by atoms with E-state index in [-0.39, 0.29) is 12.0 Å². The number of H-pyrrole nitrogens is 1. The van der Waals surface area contributed by atoms with Gasteiger partial charge in [0.2, 0.25) is 5.88 Å². The fourth-order valence-corrected chi connectivity index (χ4v) is 3.30. The Kier molecular flexibility index (Phi) is 4.26. The van der Waals surface area contributed by atoms with Gasteiger partial charge in [0.25, 0.3) is 0 Å². The van der Waals surface area contributed by atoms with E-state index in [1.54, 1.807) is 12.4 Å². The molecule has 4 rings (SSSR count). The minimum atomic E-state index is -0.633. The predicted molar refractivity (Wildman–Crippen MR) is 105 cm³/mol. The van der Waals surface area contributed by atoms with Crippen LogP contribution in [0.4, 0.5) is 5.82 Å². The monoisotopic (exact) mass is 367 g/mol. The van der Waals surface area contributed by atoms with Gasteiger partial charge >= 0.3 is 0 Å². The van der Waals surface area contributed by atoms with Crippen molar-refractivity contribution in [2.24, 2.45) is 5.92 Å². The highest BCUT2D eigenvalue weighted by atomic mass is 16.5. The van der Waals surface area contributed by atoms with E-state index in [0.717, 1.165) is 28.0 Å². The van der Waals surface area contributed by atoms with Crippen LogP contribution in [0.3, 0.4) is 0 Å². The van der Waals surface area contributed by atoms with Crippen molar-refractivity contribution in [2.75, 3.05) is 18.0 Å². The van der Waals surface area contributed by atoms with Crippen LogP contribution in [0.2, 0.25) is 0 Å². The summed E-state index contributed by atoms with van der Waals surface area (Å²) in [5.41, 5.74) is 2.03. The number of nitrogens with one attached hydrogen (secondary N) is 1. The largest absolute Gasteiger partial charge is 0.475 e. The van der Waals surface area contributed by atoms with Crippen LogP contribution in [0.1, 0.15) is 27.7 Å². The number of pyridine rings is 2. The van der Waals surface area contributed by atoms with Gasteiger partial charge in [-0.3, -0.25) is 5.10 Å². The molecule has 1 aliphatic heterocycles. The first-order valence-corrected chi connectivity index (χ1v) is 9.30. The molecule has 1 fully saturated rings. The van der Waals surface area contributed by atoms with E-state index < -0.39 is 5.60 Å². The Balaban J connectivity index is 1.64. The summed E-state index contributed by atoms with van der Waals surface area (Å²) in [5.74, 6) is 1.65.